The van der Waals surface area contributed by atoms with Crippen LogP contribution in [0.15, 0.2) is 24.3 Å². The summed E-state index contributed by atoms with van der Waals surface area (Å²) in [5, 5.41) is 0. The van der Waals surface area contributed by atoms with Crippen LogP contribution in [-0.4, -0.2) is 17.5 Å². The van der Waals surface area contributed by atoms with E-state index >= 15 is 0 Å². The molecule has 0 heterocycles. The maximum Gasteiger partial charge on any atom is 0.0240 e. The highest BCUT2D eigenvalue weighted by atomic mass is 15.2. The molecular weight excluding hydrogens is 208 g/mol. The van der Waals surface area contributed by atoms with Crippen molar-refractivity contribution in [3.8, 4) is 0 Å². The second kappa shape index (κ2) is 5.65. The Hall–Kier alpha value is -0.860. The van der Waals surface area contributed by atoms with Gasteiger partial charge in [0.05, 0.1) is 0 Å². The number of nitrogens with two attached hydrogens (primary N) is 1. The third kappa shape index (κ3) is 3.55. The molecule has 0 spiro atoms. The molecule has 0 radical (unpaired) electrons. The van der Waals surface area contributed by atoms with Crippen LogP contribution in [0.1, 0.15) is 37.8 Å². The highest BCUT2D eigenvalue weighted by Gasteiger charge is 2.29. The highest BCUT2D eigenvalue weighted by molar-refractivity contribution is 5.27. The zero-order valence-electron chi connectivity index (χ0n) is 11.0. The fraction of sp³-hybridized carbons (Fsp3) is 0.600. The summed E-state index contributed by atoms with van der Waals surface area (Å²) < 4.78 is 0. The highest BCUT2D eigenvalue weighted by Crippen LogP contribution is 2.29. The van der Waals surface area contributed by atoms with E-state index in [9.17, 15) is 0 Å². The zero-order chi connectivity index (χ0) is 12.3. The van der Waals surface area contributed by atoms with E-state index in [2.05, 4.69) is 43.0 Å². The van der Waals surface area contributed by atoms with E-state index in [1.54, 1.807) is 0 Å². The summed E-state index contributed by atoms with van der Waals surface area (Å²) in [6, 6.07) is 9.39. The lowest BCUT2D eigenvalue weighted by molar-refractivity contribution is 0.225. The molecule has 2 N–H and O–H groups in total. The van der Waals surface area contributed by atoms with Crippen LogP contribution < -0.4 is 5.73 Å². The van der Waals surface area contributed by atoms with Gasteiger partial charge in [-0.2, -0.15) is 0 Å². The first-order valence-corrected chi connectivity index (χ1v) is 6.71. The molecule has 1 aromatic carbocycles. The van der Waals surface area contributed by atoms with Crippen molar-refractivity contribution in [2.45, 2.75) is 45.8 Å². The van der Waals surface area contributed by atoms with Gasteiger partial charge in [-0.25, -0.2) is 0 Å². The van der Waals surface area contributed by atoms with Crippen molar-refractivity contribution in [3.63, 3.8) is 0 Å². The maximum atomic E-state index is 5.80. The van der Waals surface area contributed by atoms with Gasteiger partial charge in [0.15, 0.2) is 0 Å². The minimum absolute atomic E-state index is 0.649. The molecule has 94 valence electrons. The van der Waals surface area contributed by atoms with Crippen LogP contribution in [0.2, 0.25) is 0 Å². The molecule has 0 saturated heterocycles. The van der Waals surface area contributed by atoms with Crippen molar-refractivity contribution >= 4 is 0 Å². The fourth-order valence-corrected chi connectivity index (χ4v) is 2.38. The molecule has 1 saturated carbocycles. The summed E-state index contributed by atoms with van der Waals surface area (Å²) in [5.74, 6) is 0.737. The summed E-state index contributed by atoms with van der Waals surface area (Å²) in [6.45, 7) is 7.50. The molecule has 0 aromatic heterocycles. The first kappa shape index (κ1) is 12.6. The van der Waals surface area contributed by atoms with E-state index in [4.69, 9.17) is 5.73 Å². The molecule has 0 unspecified atom stereocenters. The molecule has 1 fully saturated rings. The molecule has 0 amide bonds. The Kier molecular flexibility index (Phi) is 4.19. The molecule has 0 atom stereocenters. The van der Waals surface area contributed by atoms with Crippen molar-refractivity contribution in [1.29, 1.82) is 0 Å². The van der Waals surface area contributed by atoms with Crippen LogP contribution in [-0.2, 0) is 13.1 Å². The number of hydrogen-bond donors (Lipinski definition) is 1. The SMILES string of the molecule is CC(C)CN(Cc1ccccc1CN)C1CC1. The average molecular weight is 232 g/mol. The van der Waals surface area contributed by atoms with Crippen LogP contribution in [0, 0.1) is 5.92 Å². The monoisotopic (exact) mass is 232 g/mol. The Morgan fingerprint density at radius 2 is 1.88 bits per heavy atom. The third-order valence-corrected chi connectivity index (χ3v) is 3.37. The Morgan fingerprint density at radius 3 is 2.41 bits per heavy atom. The van der Waals surface area contributed by atoms with Crippen molar-refractivity contribution < 1.29 is 0 Å². The number of rotatable bonds is 6. The van der Waals surface area contributed by atoms with Gasteiger partial charge in [-0.05, 0) is 29.9 Å². The summed E-state index contributed by atoms with van der Waals surface area (Å²) in [4.78, 5) is 2.62. The minimum Gasteiger partial charge on any atom is -0.326 e. The Morgan fingerprint density at radius 1 is 1.24 bits per heavy atom. The van der Waals surface area contributed by atoms with Gasteiger partial charge < -0.3 is 5.73 Å². The molecule has 1 aliphatic carbocycles. The van der Waals surface area contributed by atoms with Crippen LogP contribution in [0.4, 0.5) is 0 Å². The van der Waals surface area contributed by atoms with E-state index in [1.807, 2.05) is 0 Å². The summed E-state index contributed by atoms with van der Waals surface area (Å²) in [6.07, 6.45) is 2.75. The Labute approximate surface area is 105 Å². The van der Waals surface area contributed by atoms with Crippen molar-refractivity contribution in [2.24, 2.45) is 11.7 Å². The van der Waals surface area contributed by atoms with E-state index in [0.717, 1.165) is 18.5 Å². The van der Waals surface area contributed by atoms with Crippen molar-refractivity contribution in [1.82, 2.24) is 4.90 Å². The van der Waals surface area contributed by atoms with E-state index < -0.39 is 0 Å². The number of nitrogens with zero attached hydrogens (tertiary/aromatic N) is 1. The maximum absolute atomic E-state index is 5.80. The summed E-state index contributed by atoms with van der Waals surface area (Å²) in [7, 11) is 0. The van der Waals surface area contributed by atoms with Crippen LogP contribution in [0.3, 0.4) is 0 Å². The number of benzene rings is 1. The molecule has 1 aromatic rings. The van der Waals surface area contributed by atoms with Crippen LogP contribution >= 0.6 is 0 Å². The summed E-state index contributed by atoms with van der Waals surface area (Å²) in [5.41, 5.74) is 8.50. The topological polar surface area (TPSA) is 29.3 Å². The van der Waals surface area contributed by atoms with Gasteiger partial charge in [-0.15, -0.1) is 0 Å². The quantitative estimate of drug-likeness (QED) is 0.817. The fourth-order valence-electron chi connectivity index (χ4n) is 2.38. The first-order valence-electron chi connectivity index (χ1n) is 6.71. The number of hydrogen-bond acceptors (Lipinski definition) is 2. The molecule has 2 heteroatoms. The van der Waals surface area contributed by atoms with Crippen molar-refractivity contribution in [2.75, 3.05) is 6.54 Å². The lowest BCUT2D eigenvalue weighted by Gasteiger charge is -2.25. The molecule has 1 aliphatic rings. The lowest BCUT2D eigenvalue weighted by atomic mass is 10.1. The largest absolute Gasteiger partial charge is 0.326 e. The molecule has 2 nitrogen and oxygen atoms in total. The van der Waals surface area contributed by atoms with E-state index in [-0.39, 0.29) is 0 Å². The van der Waals surface area contributed by atoms with Gasteiger partial charge in [0, 0.05) is 25.7 Å². The van der Waals surface area contributed by atoms with Crippen LogP contribution in [0.5, 0.6) is 0 Å². The van der Waals surface area contributed by atoms with Gasteiger partial charge in [-0.3, -0.25) is 4.90 Å². The minimum atomic E-state index is 0.649. The summed E-state index contributed by atoms with van der Waals surface area (Å²) >= 11 is 0. The standard InChI is InChI=1S/C15H24N2/c1-12(2)10-17(15-7-8-15)11-14-6-4-3-5-13(14)9-16/h3-6,12,15H,7-11,16H2,1-2H3. The molecule has 2 rings (SSSR count). The second-order valence-corrected chi connectivity index (χ2v) is 5.53. The van der Waals surface area contributed by atoms with Gasteiger partial charge in [0.25, 0.3) is 0 Å². The molecule has 17 heavy (non-hydrogen) atoms. The predicted octanol–water partition coefficient (Wildman–Crippen LogP) is 2.77. The van der Waals surface area contributed by atoms with Gasteiger partial charge in [-0.1, -0.05) is 38.1 Å². The average Bonchev–Trinajstić information content (AvgIpc) is 3.12. The molecule has 0 aliphatic heterocycles. The van der Waals surface area contributed by atoms with E-state index in [0.29, 0.717) is 6.54 Å². The van der Waals surface area contributed by atoms with E-state index in [1.165, 1.54) is 30.5 Å². The first-order chi connectivity index (χ1) is 8.20. The van der Waals surface area contributed by atoms with Gasteiger partial charge in [0.1, 0.15) is 0 Å². The van der Waals surface area contributed by atoms with Gasteiger partial charge in [0.2, 0.25) is 0 Å². The van der Waals surface area contributed by atoms with Crippen LogP contribution in [0.25, 0.3) is 0 Å². The predicted molar refractivity (Wildman–Crippen MR) is 72.6 cm³/mol. The van der Waals surface area contributed by atoms with Crippen molar-refractivity contribution in [3.05, 3.63) is 35.4 Å². The zero-order valence-corrected chi connectivity index (χ0v) is 11.0. The third-order valence-electron chi connectivity index (χ3n) is 3.37. The van der Waals surface area contributed by atoms with Gasteiger partial charge >= 0.3 is 0 Å². The smallest absolute Gasteiger partial charge is 0.0240 e. The Balaban J connectivity index is 2.05. The lowest BCUT2D eigenvalue weighted by Crippen LogP contribution is -2.30. The Bertz CT molecular complexity index is 356. The molecule has 0 bridgehead atoms. The molecular formula is C15H24N2. The normalized spacial score (nSPS) is 15.8. The second-order valence-electron chi connectivity index (χ2n) is 5.53.